The summed E-state index contributed by atoms with van der Waals surface area (Å²) < 4.78 is 23.3. The third-order valence-corrected chi connectivity index (χ3v) is 15.8. The molecule has 0 saturated heterocycles. The molecule has 3 N–H and O–H groups in total. The standard InChI is InChI=1S/C67H127N2O7P/c1-6-8-10-12-14-16-18-20-21-22-23-24-25-26-27-28-29-30-31-32-33-34-35-36-37-38-39-40-41-42-43-44-45-46-47-48-50-52-54-56-58-60-66(71)68-64(63-76-77(73,74)75-62-61-69(3,4)5)67(72)65(70)59-57-55-53-51-49-19-17-15-13-11-9-7-2/h8,10,14,16,20-21,23-24,26-27,64-65,67,70,72H,6-7,9,11-13,15,17-19,22,25,28-63H2,1-5H3,(H-,68,71,73,74)/b10-8-,16-14-,21-20-,24-23-,27-26-. The number of aliphatic hydroxyl groups excluding tert-OH is 2. The highest BCUT2D eigenvalue weighted by Crippen LogP contribution is 2.38. The van der Waals surface area contributed by atoms with Crippen molar-refractivity contribution in [2.45, 2.75) is 321 Å². The topological polar surface area (TPSA) is 128 Å². The Labute approximate surface area is 477 Å². The molecule has 0 aromatic rings. The third-order valence-electron chi connectivity index (χ3n) is 14.9. The van der Waals surface area contributed by atoms with Gasteiger partial charge >= 0.3 is 0 Å². The number of quaternary nitrogens is 1. The smallest absolute Gasteiger partial charge is 0.268 e. The van der Waals surface area contributed by atoms with Gasteiger partial charge in [-0.2, -0.15) is 0 Å². The molecule has 0 radical (unpaired) electrons. The second-order valence-electron chi connectivity index (χ2n) is 23.6. The molecule has 77 heavy (non-hydrogen) atoms. The number of phosphoric acid groups is 1. The van der Waals surface area contributed by atoms with Crippen molar-refractivity contribution in [3.05, 3.63) is 60.8 Å². The summed E-state index contributed by atoms with van der Waals surface area (Å²) in [6, 6.07) is -1.07. The third kappa shape index (κ3) is 58.6. The van der Waals surface area contributed by atoms with Crippen LogP contribution in [-0.4, -0.2) is 79.8 Å². The summed E-state index contributed by atoms with van der Waals surface area (Å²) in [5, 5.41) is 24.8. The van der Waals surface area contributed by atoms with E-state index in [1.165, 1.54) is 205 Å². The Morgan fingerprint density at radius 2 is 0.818 bits per heavy atom. The molecule has 452 valence electrons. The van der Waals surface area contributed by atoms with Crippen molar-refractivity contribution in [1.29, 1.82) is 0 Å². The quantitative estimate of drug-likeness (QED) is 0.0239. The molecule has 0 bridgehead atoms. The predicted molar refractivity (Wildman–Crippen MR) is 331 cm³/mol. The van der Waals surface area contributed by atoms with Gasteiger partial charge in [-0.1, -0.05) is 299 Å². The van der Waals surface area contributed by atoms with Gasteiger partial charge in [0.15, 0.2) is 0 Å². The molecule has 0 heterocycles. The van der Waals surface area contributed by atoms with E-state index < -0.39 is 32.7 Å². The van der Waals surface area contributed by atoms with E-state index in [2.05, 4.69) is 79.9 Å². The predicted octanol–water partition coefficient (Wildman–Crippen LogP) is 18.8. The van der Waals surface area contributed by atoms with Crippen molar-refractivity contribution >= 4 is 13.7 Å². The van der Waals surface area contributed by atoms with Crippen LogP contribution in [0.25, 0.3) is 0 Å². The maximum atomic E-state index is 13.0. The number of allylic oxidation sites excluding steroid dienone is 10. The fraction of sp³-hybridized carbons (Fsp3) is 0.836. The van der Waals surface area contributed by atoms with E-state index in [0.29, 0.717) is 17.4 Å². The second kappa shape index (κ2) is 57.4. The van der Waals surface area contributed by atoms with Crippen molar-refractivity contribution in [1.82, 2.24) is 5.32 Å². The molecule has 0 aliphatic rings. The normalized spacial score (nSPS) is 14.5. The maximum Gasteiger partial charge on any atom is 0.268 e. The summed E-state index contributed by atoms with van der Waals surface area (Å²) in [6.45, 7) is 4.35. The highest BCUT2D eigenvalue weighted by Gasteiger charge is 2.29. The zero-order valence-electron chi connectivity index (χ0n) is 51.3. The summed E-state index contributed by atoms with van der Waals surface area (Å²) in [4.78, 5) is 25.6. The summed E-state index contributed by atoms with van der Waals surface area (Å²) in [6.07, 6.45) is 74.7. The Balaban J connectivity index is 3.90. The zero-order chi connectivity index (χ0) is 56.4. The van der Waals surface area contributed by atoms with Crippen LogP contribution in [0, 0.1) is 0 Å². The molecule has 10 heteroatoms. The Bertz CT molecular complexity index is 1460. The number of hydrogen-bond donors (Lipinski definition) is 3. The lowest BCUT2D eigenvalue weighted by Gasteiger charge is -2.31. The van der Waals surface area contributed by atoms with Crippen LogP contribution in [0.2, 0.25) is 0 Å². The van der Waals surface area contributed by atoms with E-state index in [0.717, 1.165) is 70.6 Å². The molecular weight excluding hydrogens is 976 g/mol. The zero-order valence-corrected chi connectivity index (χ0v) is 52.2. The summed E-state index contributed by atoms with van der Waals surface area (Å²) in [5.41, 5.74) is 0. The molecule has 4 atom stereocenters. The number of unbranched alkanes of at least 4 members (excludes halogenated alkanes) is 36. The number of nitrogens with zero attached hydrogens (tertiary/aromatic N) is 1. The number of rotatable bonds is 60. The molecule has 0 fully saturated rings. The first-order valence-electron chi connectivity index (χ1n) is 32.7. The van der Waals surface area contributed by atoms with Gasteiger partial charge < -0.3 is 34.0 Å². The SMILES string of the molecule is CC/C=C\C/C=C\C/C=C\C/C=C\C/C=C\CCCCCCCCCCCCCCCCCCCCCCCCCCCC(=O)NC(COP(=O)([O-])OCC[N+](C)(C)C)C(O)C(O)CCCCCCCCCCCCCC. The molecule has 0 saturated carbocycles. The van der Waals surface area contributed by atoms with Gasteiger partial charge in [0.1, 0.15) is 19.3 Å². The van der Waals surface area contributed by atoms with Gasteiger partial charge in [-0.25, -0.2) is 0 Å². The molecule has 0 aliphatic heterocycles. The molecule has 4 unspecified atom stereocenters. The van der Waals surface area contributed by atoms with Gasteiger partial charge in [0.25, 0.3) is 7.82 Å². The Morgan fingerprint density at radius 3 is 1.19 bits per heavy atom. The highest BCUT2D eigenvalue weighted by molar-refractivity contribution is 7.45. The Morgan fingerprint density at radius 1 is 0.481 bits per heavy atom. The van der Waals surface area contributed by atoms with Crippen molar-refractivity contribution in [3.8, 4) is 0 Å². The second-order valence-corrected chi connectivity index (χ2v) is 25.0. The van der Waals surface area contributed by atoms with Crippen molar-refractivity contribution in [2.24, 2.45) is 0 Å². The number of amides is 1. The van der Waals surface area contributed by atoms with Crippen LogP contribution in [0.5, 0.6) is 0 Å². The van der Waals surface area contributed by atoms with Crippen LogP contribution in [0.3, 0.4) is 0 Å². The van der Waals surface area contributed by atoms with Gasteiger partial charge in [0.05, 0.1) is 39.9 Å². The number of hydrogen-bond acceptors (Lipinski definition) is 7. The molecule has 9 nitrogen and oxygen atoms in total. The minimum absolute atomic E-state index is 0.0393. The van der Waals surface area contributed by atoms with E-state index in [-0.39, 0.29) is 18.9 Å². The molecule has 0 aromatic heterocycles. The van der Waals surface area contributed by atoms with E-state index >= 15 is 0 Å². The number of carbonyl (C=O) groups excluding carboxylic acids is 1. The number of aliphatic hydroxyl groups is 2. The van der Waals surface area contributed by atoms with Gasteiger partial charge in [0, 0.05) is 6.42 Å². The molecule has 1 amide bonds. The highest BCUT2D eigenvalue weighted by atomic mass is 31.2. The number of phosphoric ester groups is 1. The van der Waals surface area contributed by atoms with Crippen LogP contribution in [-0.2, 0) is 18.4 Å². The Kier molecular flexibility index (Phi) is 56.0. The number of carbonyl (C=O) groups is 1. The Hall–Kier alpha value is -1.84. The van der Waals surface area contributed by atoms with Crippen molar-refractivity contribution in [2.75, 3.05) is 40.9 Å². The monoisotopic (exact) mass is 1100 g/mol. The lowest BCUT2D eigenvalue weighted by atomic mass is 9.99. The van der Waals surface area contributed by atoms with Crippen LogP contribution in [0.1, 0.15) is 303 Å². The molecular formula is C67H127N2O7P. The van der Waals surface area contributed by atoms with E-state index in [1.807, 2.05) is 21.1 Å². The summed E-state index contributed by atoms with van der Waals surface area (Å²) >= 11 is 0. The van der Waals surface area contributed by atoms with Crippen LogP contribution in [0.15, 0.2) is 60.8 Å². The molecule has 0 rings (SSSR count). The van der Waals surface area contributed by atoms with Crippen LogP contribution in [0.4, 0.5) is 0 Å². The molecule has 0 aromatic carbocycles. The summed E-state index contributed by atoms with van der Waals surface area (Å²) in [7, 11) is 1.14. The van der Waals surface area contributed by atoms with Gasteiger partial charge in [0.2, 0.25) is 5.91 Å². The van der Waals surface area contributed by atoms with Crippen LogP contribution >= 0.6 is 7.82 Å². The maximum absolute atomic E-state index is 13.0. The number of nitrogens with one attached hydrogen (secondary N) is 1. The lowest BCUT2D eigenvalue weighted by Crippen LogP contribution is -2.51. The average molecular weight is 1100 g/mol. The number of likely N-dealkylation sites (N-methyl/N-ethyl adjacent to an activating group) is 1. The molecule has 0 aliphatic carbocycles. The first-order valence-corrected chi connectivity index (χ1v) is 34.2. The van der Waals surface area contributed by atoms with Crippen molar-refractivity contribution in [3.63, 3.8) is 0 Å². The van der Waals surface area contributed by atoms with Gasteiger partial charge in [-0.05, 0) is 57.8 Å². The fourth-order valence-electron chi connectivity index (χ4n) is 9.76. The van der Waals surface area contributed by atoms with Crippen LogP contribution < -0.4 is 10.2 Å². The summed E-state index contributed by atoms with van der Waals surface area (Å²) in [5.74, 6) is -0.274. The minimum atomic E-state index is -4.67. The first kappa shape index (κ1) is 75.2. The minimum Gasteiger partial charge on any atom is -0.756 e. The molecule has 0 spiro atoms. The largest absolute Gasteiger partial charge is 0.756 e. The van der Waals surface area contributed by atoms with E-state index in [4.69, 9.17) is 9.05 Å². The fourth-order valence-corrected chi connectivity index (χ4v) is 10.5. The average Bonchev–Trinajstić information content (AvgIpc) is 3.39. The van der Waals surface area contributed by atoms with Gasteiger partial charge in [-0.3, -0.25) is 9.36 Å². The van der Waals surface area contributed by atoms with Gasteiger partial charge in [-0.15, -0.1) is 0 Å². The van der Waals surface area contributed by atoms with E-state index in [9.17, 15) is 24.5 Å². The van der Waals surface area contributed by atoms with E-state index in [1.54, 1.807) is 0 Å². The first-order chi connectivity index (χ1) is 37.4. The van der Waals surface area contributed by atoms with Crippen molar-refractivity contribution < 1.29 is 38.0 Å². The lowest BCUT2D eigenvalue weighted by molar-refractivity contribution is -0.870.